The standard InChI is InChI=1S/C10H10O3/c1-6-4-3-5-7-8(6)10(2,12)13-9(7)11/h3-5,12H,1-2H3. The van der Waals surface area contributed by atoms with E-state index in [4.69, 9.17) is 4.74 Å². The fraction of sp³-hybridized carbons (Fsp3) is 0.300. The van der Waals surface area contributed by atoms with Crippen LogP contribution in [0.1, 0.15) is 28.4 Å². The number of hydrogen-bond donors (Lipinski definition) is 1. The smallest absolute Gasteiger partial charge is 0.341 e. The first-order valence-electron chi connectivity index (χ1n) is 4.08. The number of benzene rings is 1. The van der Waals surface area contributed by atoms with Gasteiger partial charge in [-0.15, -0.1) is 0 Å². The normalized spacial score (nSPS) is 25.6. The first kappa shape index (κ1) is 8.26. The van der Waals surface area contributed by atoms with Gasteiger partial charge in [0.15, 0.2) is 0 Å². The van der Waals surface area contributed by atoms with Crippen molar-refractivity contribution in [3.05, 3.63) is 34.9 Å². The van der Waals surface area contributed by atoms with E-state index in [0.717, 1.165) is 5.56 Å². The third-order valence-corrected chi connectivity index (χ3v) is 2.25. The van der Waals surface area contributed by atoms with E-state index in [-0.39, 0.29) is 0 Å². The van der Waals surface area contributed by atoms with Gasteiger partial charge in [0.2, 0.25) is 5.79 Å². The highest BCUT2D eigenvalue weighted by atomic mass is 16.7. The fourth-order valence-corrected chi connectivity index (χ4v) is 1.74. The van der Waals surface area contributed by atoms with Gasteiger partial charge in [-0.05, 0) is 18.6 Å². The van der Waals surface area contributed by atoms with Crippen LogP contribution in [-0.4, -0.2) is 11.1 Å². The van der Waals surface area contributed by atoms with Crippen LogP contribution in [-0.2, 0) is 10.5 Å². The summed E-state index contributed by atoms with van der Waals surface area (Å²) >= 11 is 0. The number of esters is 1. The lowest BCUT2D eigenvalue weighted by molar-refractivity contribution is -0.147. The summed E-state index contributed by atoms with van der Waals surface area (Å²) in [6.45, 7) is 3.32. The lowest BCUT2D eigenvalue weighted by Crippen LogP contribution is -2.21. The lowest BCUT2D eigenvalue weighted by atomic mass is 9.98. The molecule has 3 heteroatoms. The van der Waals surface area contributed by atoms with Crippen molar-refractivity contribution in [3.63, 3.8) is 0 Å². The molecule has 1 unspecified atom stereocenters. The molecule has 1 N–H and O–H groups in total. The second-order valence-corrected chi connectivity index (χ2v) is 3.37. The van der Waals surface area contributed by atoms with Crippen molar-refractivity contribution in [2.24, 2.45) is 0 Å². The van der Waals surface area contributed by atoms with Crippen molar-refractivity contribution in [2.75, 3.05) is 0 Å². The Labute approximate surface area is 76.0 Å². The Morgan fingerprint density at radius 1 is 1.46 bits per heavy atom. The minimum atomic E-state index is -1.46. The summed E-state index contributed by atoms with van der Waals surface area (Å²) in [5.74, 6) is -1.92. The number of ether oxygens (including phenoxy) is 1. The predicted octanol–water partition coefficient (Wildman–Crippen LogP) is 1.33. The zero-order valence-corrected chi connectivity index (χ0v) is 7.50. The summed E-state index contributed by atoms with van der Waals surface area (Å²) in [4.78, 5) is 11.3. The van der Waals surface area contributed by atoms with Gasteiger partial charge in [-0.25, -0.2) is 4.79 Å². The summed E-state index contributed by atoms with van der Waals surface area (Å²) < 4.78 is 4.82. The molecule has 1 aliphatic heterocycles. The molecule has 0 radical (unpaired) electrons. The van der Waals surface area contributed by atoms with Crippen molar-refractivity contribution in [1.82, 2.24) is 0 Å². The third-order valence-electron chi connectivity index (χ3n) is 2.25. The fourth-order valence-electron chi connectivity index (χ4n) is 1.74. The Morgan fingerprint density at radius 3 is 2.77 bits per heavy atom. The molecule has 0 saturated heterocycles. The highest BCUT2D eigenvalue weighted by Gasteiger charge is 2.40. The molecule has 0 aliphatic carbocycles. The Morgan fingerprint density at radius 2 is 2.15 bits per heavy atom. The first-order valence-corrected chi connectivity index (χ1v) is 4.08. The van der Waals surface area contributed by atoms with Crippen molar-refractivity contribution >= 4 is 5.97 Å². The number of aliphatic hydroxyl groups is 1. The van der Waals surface area contributed by atoms with Crippen LogP contribution >= 0.6 is 0 Å². The Kier molecular flexibility index (Phi) is 1.48. The quantitative estimate of drug-likeness (QED) is 0.609. The molecule has 0 bridgehead atoms. The van der Waals surface area contributed by atoms with Crippen molar-refractivity contribution in [1.29, 1.82) is 0 Å². The molecule has 0 fully saturated rings. The zero-order valence-electron chi connectivity index (χ0n) is 7.50. The molecule has 68 valence electrons. The maximum atomic E-state index is 11.3. The Hall–Kier alpha value is -1.35. The molecular weight excluding hydrogens is 168 g/mol. The highest BCUT2D eigenvalue weighted by Crippen LogP contribution is 2.35. The van der Waals surface area contributed by atoms with E-state index in [9.17, 15) is 9.90 Å². The lowest BCUT2D eigenvalue weighted by Gasteiger charge is -2.17. The van der Waals surface area contributed by atoms with Gasteiger partial charge in [-0.2, -0.15) is 0 Å². The van der Waals surface area contributed by atoms with Gasteiger partial charge in [0.25, 0.3) is 0 Å². The second kappa shape index (κ2) is 2.33. The number of rotatable bonds is 0. The largest absolute Gasteiger partial charge is 0.425 e. The van der Waals surface area contributed by atoms with E-state index >= 15 is 0 Å². The van der Waals surface area contributed by atoms with Gasteiger partial charge < -0.3 is 9.84 Å². The van der Waals surface area contributed by atoms with Crippen LogP contribution in [0.15, 0.2) is 18.2 Å². The molecular formula is C10H10O3. The number of carbonyl (C=O) groups is 1. The number of aryl methyl sites for hydroxylation is 1. The average molecular weight is 178 g/mol. The number of carbonyl (C=O) groups excluding carboxylic acids is 1. The van der Waals surface area contributed by atoms with Gasteiger partial charge >= 0.3 is 5.97 Å². The summed E-state index contributed by atoms with van der Waals surface area (Å²) in [5.41, 5.74) is 1.92. The summed E-state index contributed by atoms with van der Waals surface area (Å²) in [6, 6.07) is 5.28. The Bertz CT molecular complexity index is 380. The molecule has 2 rings (SSSR count). The number of fused-ring (bicyclic) bond motifs is 1. The minimum Gasteiger partial charge on any atom is -0.425 e. The molecule has 0 saturated carbocycles. The number of cyclic esters (lactones) is 1. The van der Waals surface area contributed by atoms with Crippen LogP contribution in [0.2, 0.25) is 0 Å². The van der Waals surface area contributed by atoms with Gasteiger partial charge in [-0.3, -0.25) is 0 Å². The molecule has 1 aromatic carbocycles. The molecule has 0 amide bonds. The summed E-state index contributed by atoms with van der Waals surface area (Å²) in [6.07, 6.45) is 0. The van der Waals surface area contributed by atoms with E-state index in [1.165, 1.54) is 6.92 Å². The summed E-state index contributed by atoms with van der Waals surface area (Å²) in [7, 11) is 0. The molecule has 0 aromatic heterocycles. The van der Waals surface area contributed by atoms with Crippen LogP contribution in [0.5, 0.6) is 0 Å². The average Bonchev–Trinajstić information content (AvgIpc) is 2.24. The maximum absolute atomic E-state index is 11.3. The molecule has 1 aromatic rings. The molecule has 1 aliphatic rings. The third kappa shape index (κ3) is 1.04. The Balaban J connectivity index is 2.73. The zero-order chi connectivity index (χ0) is 9.64. The van der Waals surface area contributed by atoms with Crippen molar-refractivity contribution < 1.29 is 14.6 Å². The molecule has 1 heterocycles. The van der Waals surface area contributed by atoms with Gasteiger partial charge in [-0.1, -0.05) is 12.1 Å². The topological polar surface area (TPSA) is 46.5 Å². The van der Waals surface area contributed by atoms with E-state index < -0.39 is 11.8 Å². The van der Waals surface area contributed by atoms with Gasteiger partial charge in [0.1, 0.15) is 0 Å². The molecule has 1 atom stereocenters. The van der Waals surface area contributed by atoms with Crippen molar-refractivity contribution in [2.45, 2.75) is 19.6 Å². The minimum absolute atomic E-state index is 0.455. The SMILES string of the molecule is Cc1cccc2c1C(C)(O)OC2=O. The van der Waals surface area contributed by atoms with Crippen LogP contribution in [0.25, 0.3) is 0 Å². The van der Waals surface area contributed by atoms with Crippen LogP contribution in [0.4, 0.5) is 0 Å². The molecule has 3 nitrogen and oxygen atoms in total. The molecule has 0 spiro atoms. The van der Waals surface area contributed by atoms with Crippen LogP contribution in [0.3, 0.4) is 0 Å². The van der Waals surface area contributed by atoms with E-state index in [1.54, 1.807) is 12.1 Å². The second-order valence-electron chi connectivity index (χ2n) is 3.37. The predicted molar refractivity (Wildman–Crippen MR) is 46.2 cm³/mol. The van der Waals surface area contributed by atoms with E-state index in [1.807, 2.05) is 13.0 Å². The highest BCUT2D eigenvalue weighted by molar-refractivity contribution is 5.94. The van der Waals surface area contributed by atoms with Crippen molar-refractivity contribution in [3.8, 4) is 0 Å². The first-order chi connectivity index (χ1) is 6.02. The van der Waals surface area contributed by atoms with E-state index in [2.05, 4.69) is 0 Å². The monoisotopic (exact) mass is 178 g/mol. The van der Waals surface area contributed by atoms with Gasteiger partial charge in [0, 0.05) is 12.5 Å². The van der Waals surface area contributed by atoms with E-state index in [0.29, 0.717) is 11.1 Å². The number of hydrogen-bond acceptors (Lipinski definition) is 3. The molecule has 13 heavy (non-hydrogen) atoms. The maximum Gasteiger partial charge on any atom is 0.341 e. The summed E-state index contributed by atoms with van der Waals surface area (Å²) in [5, 5.41) is 9.75. The van der Waals surface area contributed by atoms with Crippen LogP contribution in [0, 0.1) is 6.92 Å². The van der Waals surface area contributed by atoms with Crippen LogP contribution < -0.4 is 0 Å². The van der Waals surface area contributed by atoms with Gasteiger partial charge in [0.05, 0.1) is 5.56 Å².